The number of aryl methyl sites for hydroxylation is 1. The van der Waals surface area contributed by atoms with Crippen LogP contribution in [0.2, 0.25) is 0 Å². The Morgan fingerprint density at radius 2 is 0.940 bits per heavy atom. The molecule has 9 aromatic carbocycles. The topological polar surface area (TPSA) is 0 Å². The molecule has 0 aliphatic heterocycles. The molecule has 9 aromatic rings. The summed E-state index contributed by atoms with van der Waals surface area (Å²) in [5.41, 5.74) is 14.4. The molecule has 0 heteroatoms. The Bertz CT molecular complexity index is 2850. The predicted octanol–water partition coefficient (Wildman–Crippen LogP) is 13.9. The van der Waals surface area contributed by atoms with Crippen LogP contribution in [-0.2, 0) is 5.41 Å². The summed E-state index contributed by atoms with van der Waals surface area (Å²) >= 11 is 0. The molecule has 50 heavy (non-hydrogen) atoms. The SMILES string of the molecule is Cc1ccc2c(-c3cccc(-c4cc5ccccc5c5ccccc45)c3)c3ccccc3c(-c3ccc4c(c3)-c3ccccc3C4(C)C)c2c1. The van der Waals surface area contributed by atoms with Crippen molar-refractivity contribution in [3.05, 3.63) is 180 Å². The molecule has 0 bridgehead atoms. The Hall–Kier alpha value is -5.98. The van der Waals surface area contributed by atoms with E-state index in [-0.39, 0.29) is 5.41 Å². The van der Waals surface area contributed by atoms with Crippen LogP contribution in [0.1, 0.15) is 30.5 Å². The molecule has 1 aliphatic rings. The monoisotopic (exact) mass is 636 g/mol. The Morgan fingerprint density at radius 3 is 1.76 bits per heavy atom. The maximum absolute atomic E-state index is 2.46. The standard InChI is InChI=1S/C50H36/c1-31-23-25-42-45(27-31)49(35-24-26-47-44(30-35)39-19-10-11-22-46(39)50(47,2)3)41-21-9-8-20-40(41)48(42)34-15-12-14-32(28-34)43-29-33-13-4-5-16-36(33)37-17-6-7-18-38(37)43/h4-30H,1-3H3. The van der Waals surface area contributed by atoms with E-state index in [4.69, 9.17) is 0 Å². The van der Waals surface area contributed by atoms with Gasteiger partial charge in [-0.2, -0.15) is 0 Å². The fourth-order valence-corrected chi connectivity index (χ4v) is 8.93. The summed E-state index contributed by atoms with van der Waals surface area (Å²) in [5.74, 6) is 0. The van der Waals surface area contributed by atoms with Crippen molar-refractivity contribution in [3.63, 3.8) is 0 Å². The minimum absolute atomic E-state index is 0.0174. The summed E-state index contributed by atoms with van der Waals surface area (Å²) in [6, 6.07) is 61.3. The predicted molar refractivity (Wildman–Crippen MR) is 215 cm³/mol. The average molecular weight is 637 g/mol. The third-order valence-electron chi connectivity index (χ3n) is 11.3. The van der Waals surface area contributed by atoms with Gasteiger partial charge in [-0.15, -0.1) is 0 Å². The quantitative estimate of drug-likeness (QED) is 0.134. The zero-order valence-corrected chi connectivity index (χ0v) is 28.6. The third kappa shape index (κ3) is 4.18. The fraction of sp³-hybridized carbons (Fsp3) is 0.0800. The van der Waals surface area contributed by atoms with Crippen molar-refractivity contribution in [1.82, 2.24) is 0 Å². The summed E-state index contributed by atoms with van der Waals surface area (Å²) < 4.78 is 0. The van der Waals surface area contributed by atoms with Crippen LogP contribution >= 0.6 is 0 Å². The van der Waals surface area contributed by atoms with Gasteiger partial charge >= 0.3 is 0 Å². The van der Waals surface area contributed by atoms with Crippen molar-refractivity contribution < 1.29 is 0 Å². The maximum Gasteiger partial charge on any atom is 0.0158 e. The molecule has 0 spiro atoms. The van der Waals surface area contributed by atoms with Crippen molar-refractivity contribution in [2.24, 2.45) is 0 Å². The summed E-state index contributed by atoms with van der Waals surface area (Å²) in [5, 5.41) is 10.3. The van der Waals surface area contributed by atoms with Crippen LogP contribution in [0.5, 0.6) is 0 Å². The highest BCUT2D eigenvalue weighted by molar-refractivity contribution is 6.22. The van der Waals surface area contributed by atoms with Gasteiger partial charge in [-0.1, -0.05) is 165 Å². The average Bonchev–Trinajstić information content (AvgIpc) is 3.39. The first-order valence-electron chi connectivity index (χ1n) is 17.7. The third-order valence-corrected chi connectivity index (χ3v) is 11.3. The van der Waals surface area contributed by atoms with E-state index in [9.17, 15) is 0 Å². The second-order valence-corrected chi connectivity index (χ2v) is 14.5. The molecule has 0 nitrogen and oxygen atoms in total. The Labute approximate surface area is 293 Å². The van der Waals surface area contributed by atoms with E-state index in [0.29, 0.717) is 0 Å². The fourth-order valence-electron chi connectivity index (χ4n) is 8.93. The van der Waals surface area contributed by atoms with Gasteiger partial charge in [0.2, 0.25) is 0 Å². The van der Waals surface area contributed by atoms with Gasteiger partial charge < -0.3 is 0 Å². The largest absolute Gasteiger partial charge is 0.0619 e. The Kier molecular flexibility index (Phi) is 6.24. The van der Waals surface area contributed by atoms with Crippen molar-refractivity contribution in [1.29, 1.82) is 0 Å². The van der Waals surface area contributed by atoms with Gasteiger partial charge in [0.1, 0.15) is 0 Å². The Balaban J connectivity index is 1.23. The highest BCUT2D eigenvalue weighted by Crippen LogP contribution is 2.51. The molecule has 0 N–H and O–H groups in total. The van der Waals surface area contributed by atoms with Gasteiger partial charge in [-0.25, -0.2) is 0 Å². The van der Waals surface area contributed by atoms with Crippen LogP contribution in [0.3, 0.4) is 0 Å². The van der Waals surface area contributed by atoms with E-state index in [1.165, 1.54) is 104 Å². The maximum atomic E-state index is 2.46. The van der Waals surface area contributed by atoms with E-state index in [0.717, 1.165) is 0 Å². The molecule has 0 amide bonds. The summed E-state index contributed by atoms with van der Waals surface area (Å²) in [6.07, 6.45) is 0. The molecule has 1 aliphatic carbocycles. The number of benzene rings is 9. The van der Waals surface area contributed by atoms with Crippen LogP contribution in [0.4, 0.5) is 0 Å². The van der Waals surface area contributed by atoms with Crippen molar-refractivity contribution in [3.8, 4) is 44.5 Å². The second-order valence-electron chi connectivity index (χ2n) is 14.5. The summed E-state index contributed by atoms with van der Waals surface area (Å²) in [4.78, 5) is 0. The second kappa shape index (κ2) is 10.8. The zero-order chi connectivity index (χ0) is 33.6. The molecule has 0 unspecified atom stereocenters. The molecular formula is C50H36. The minimum atomic E-state index is -0.0174. The highest BCUT2D eigenvalue weighted by Gasteiger charge is 2.35. The molecule has 0 saturated heterocycles. The van der Waals surface area contributed by atoms with Gasteiger partial charge in [0, 0.05) is 5.41 Å². The van der Waals surface area contributed by atoms with Crippen LogP contribution in [-0.4, -0.2) is 0 Å². The molecule has 0 atom stereocenters. The van der Waals surface area contributed by atoms with Crippen molar-refractivity contribution in [2.45, 2.75) is 26.2 Å². The van der Waals surface area contributed by atoms with E-state index >= 15 is 0 Å². The van der Waals surface area contributed by atoms with Crippen LogP contribution in [0, 0.1) is 6.92 Å². The lowest BCUT2D eigenvalue weighted by molar-refractivity contribution is 0.660. The molecule has 236 valence electrons. The number of hydrogen-bond donors (Lipinski definition) is 0. The van der Waals surface area contributed by atoms with Gasteiger partial charge in [0.15, 0.2) is 0 Å². The number of rotatable bonds is 3. The lowest BCUT2D eigenvalue weighted by Gasteiger charge is -2.22. The molecule has 0 heterocycles. The molecular weight excluding hydrogens is 601 g/mol. The first-order valence-corrected chi connectivity index (χ1v) is 17.7. The number of fused-ring (bicyclic) bond motifs is 8. The molecule has 0 fully saturated rings. The van der Waals surface area contributed by atoms with Gasteiger partial charge in [-0.3, -0.25) is 0 Å². The van der Waals surface area contributed by atoms with Crippen LogP contribution < -0.4 is 0 Å². The molecule has 0 aromatic heterocycles. The van der Waals surface area contributed by atoms with E-state index < -0.39 is 0 Å². The van der Waals surface area contributed by atoms with E-state index in [1.807, 2.05) is 0 Å². The lowest BCUT2D eigenvalue weighted by atomic mass is 9.81. The van der Waals surface area contributed by atoms with Gasteiger partial charge in [-0.05, 0) is 124 Å². The van der Waals surface area contributed by atoms with E-state index in [1.54, 1.807) is 0 Å². The van der Waals surface area contributed by atoms with Crippen LogP contribution in [0.15, 0.2) is 164 Å². The smallest absolute Gasteiger partial charge is 0.0158 e. The molecule has 10 rings (SSSR count). The minimum Gasteiger partial charge on any atom is -0.0619 e. The summed E-state index contributed by atoms with van der Waals surface area (Å²) in [7, 11) is 0. The van der Waals surface area contributed by atoms with Crippen molar-refractivity contribution in [2.75, 3.05) is 0 Å². The highest BCUT2D eigenvalue weighted by atomic mass is 14.4. The molecule has 0 radical (unpaired) electrons. The molecule has 0 saturated carbocycles. The van der Waals surface area contributed by atoms with E-state index in [2.05, 4.69) is 185 Å². The normalized spacial score (nSPS) is 13.3. The van der Waals surface area contributed by atoms with Crippen molar-refractivity contribution >= 4 is 43.1 Å². The van der Waals surface area contributed by atoms with Gasteiger partial charge in [0.25, 0.3) is 0 Å². The lowest BCUT2D eigenvalue weighted by Crippen LogP contribution is -2.14. The van der Waals surface area contributed by atoms with Crippen LogP contribution in [0.25, 0.3) is 87.6 Å². The zero-order valence-electron chi connectivity index (χ0n) is 28.6. The number of hydrogen-bond acceptors (Lipinski definition) is 0. The van der Waals surface area contributed by atoms with Gasteiger partial charge in [0.05, 0.1) is 0 Å². The Morgan fingerprint density at radius 1 is 0.340 bits per heavy atom. The summed E-state index contributed by atoms with van der Waals surface area (Å²) in [6.45, 7) is 6.93. The first-order chi connectivity index (χ1) is 24.5. The first kappa shape index (κ1) is 29.0.